The van der Waals surface area contributed by atoms with Crippen LogP contribution in [0.3, 0.4) is 0 Å². The van der Waals surface area contributed by atoms with Gasteiger partial charge in [-0.05, 0) is 44.0 Å². The highest BCUT2D eigenvalue weighted by Gasteiger charge is 2.09. The summed E-state index contributed by atoms with van der Waals surface area (Å²) in [5.41, 5.74) is 6.27. The molecule has 0 N–H and O–H groups in total. The van der Waals surface area contributed by atoms with E-state index in [9.17, 15) is 5.26 Å². The van der Waals surface area contributed by atoms with Crippen molar-refractivity contribution in [2.24, 2.45) is 0 Å². The number of hydrogen-bond acceptors (Lipinski definition) is 2. The third-order valence-electron chi connectivity index (χ3n) is 3.91. The van der Waals surface area contributed by atoms with Crippen LogP contribution in [-0.4, -0.2) is 18.3 Å². The molecule has 2 rings (SSSR count). The second-order valence-electron chi connectivity index (χ2n) is 5.51. The summed E-state index contributed by atoms with van der Waals surface area (Å²) in [4.78, 5) is 0. The van der Waals surface area contributed by atoms with Gasteiger partial charge in [-0.3, -0.25) is 0 Å². The molecule has 0 aliphatic heterocycles. The van der Waals surface area contributed by atoms with Crippen molar-refractivity contribution in [2.75, 3.05) is 13.7 Å². The Balaban J connectivity index is 2.38. The van der Waals surface area contributed by atoms with E-state index in [4.69, 9.17) is 4.74 Å². The van der Waals surface area contributed by atoms with Crippen molar-refractivity contribution in [1.29, 1.82) is 5.26 Å². The van der Waals surface area contributed by atoms with Crippen LogP contribution < -0.4 is 0 Å². The third-order valence-corrected chi connectivity index (χ3v) is 3.91. The van der Waals surface area contributed by atoms with Crippen molar-refractivity contribution >= 4 is 11.6 Å². The van der Waals surface area contributed by atoms with Gasteiger partial charge in [0.05, 0.1) is 18.2 Å². The number of nitrogens with zero attached hydrogens (tertiary/aromatic N) is 2. The Bertz CT molecular complexity index is 715. The second-order valence-corrected chi connectivity index (χ2v) is 5.51. The normalized spacial score (nSPS) is 11.5. The first-order valence-corrected chi connectivity index (χ1v) is 7.41. The molecule has 0 radical (unpaired) electrons. The van der Waals surface area contributed by atoms with Crippen molar-refractivity contribution in [3.8, 4) is 6.07 Å². The minimum atomic E-state index is 0.683. The lowest BCUT2D eigenvalue weighted by Gasteiger charge is -2.08. The number of nitriles is 1. The Morgan fingerprint density at radius 3 is 2.50 bits per heavy atom. The summed E-state index contributed by atoms with van der Waals surface area (Å²) in [5.74, 6) is 0. The van der Waals surface area contributed by atoms with E-state index in [1.54, 1.807) is 7.11 Å². The van der Waals surface area contributed by atoms with E-state index in [1.807, 2.05) is 37.3 Å². The number of allylic oxidation sites excluding steroid dienone is 1. The third kappa shape index (κ3) is 3.47. The van der Waals surface area contributed by atoms with Gasteiger partial charge >= 0.3 is 0 Å². The summed E-state index contributed by atoms with van der Waals surface area (Å²) in [6.45, 7) is 7.72. The number of aromatic nitrogens is 1. The molecule has 0 aliphatic carbocycles. The predicted molar refractivity (Wildman–Crippen MR) is 90.4 cm³/mol. The highest BCUT2D eigenvalue weighted by Crippen LogP contribution is 2.22. The Kier molecular flexibility index (Phi) is 5.19. The van der Waals surface area contributed by atoms with Gasteiger partial charge < -0.3 is 9.30 Å². The van der Waals surface area contributed by atoms with Crippen LogP contribution in [0.15, 0.2) is 30.3 Å². The first-order valence-electron chi connectivity index (χ1n) is 7.41. The standard InChI is InChI=1S/C19H22N2O/c1-14-5-7-17(8-6-14)19(13-20)12-18-11-15(2)21(16(18)3)9-10-22-4/h5-8,11-12H,9-10H2,1-4H3/b19-12+. The monoisotopic (exact) mass is 294 g/mol. The van der Waals surface area contributed by atoms with Crippen LogP contribution in [-0.2, 0) is 11.3 Å². The zero-order chi connectivity index (χ0) is 16.1. The molecule has 1 heterocycles. The molecule has 1 aromatic carbocycles. The van der Waals surface area contributed by atoms with Crippen molar-refractivity contribution in [1.82, 2.24) is 4.57 Å². The quantitative estimate of drug-likeness (QED) is 0.778. The average molecular weight is 294 g/mol. The molecule has 0 bridgehead atoms. The lowest BCUT2D eigenvalue weighted by Crippen LogP contribution is -2.07. The Morgan fingerprint density at radius 2 is 1.91 bits per heavy atom. The summed E-state index contributed by atoms with van der Waals surface area (Å²) in [6.07, 6.45) is 1.97. The number of ether oxygens (including phenoxy) is 1. The molecule has 0 saturated heterocycles. The smallest absolute Gasteiger partial charge is 0.0998 e. The van der Waals surface area contributed by atoms with E-state index in [-0.39, 0.29) is 0 Å². The lowest BCUT2D eigenvalue weighted by atomic mass is 10.0. The largest absolute Gasteiger partial charge is 0.383 e. The van der Waals surface area contributed by atoms with Gasteiger partial charge in [0.15, 0.2) is 0 Å². The lowest BCUT2D eigenvalue weighted by molar-refractivity contribution is 0.186. The van der Waals surface area contributed by atoms with E-state index in [2.05, 4.69) is 30.6 Å². The Morgan fingerprint density at radius 1 is 1.23 bits per heavy atom. The van der Waals surface area contributed by atoms with Gasteiger partial charge in [-0.15, -0.1) is 0 Å². The first-order chi connectivity index (χ1) is 10.6. The summed E-state index contributed by atoms with van der Waals surface area (Å²) < 4.78 is 7.38. The molecule has 1 aromatic heterocycles. The molecule has 3 nitrogen and oxygen atoms in total. The molecule has 114 valence electrons. The second kappa shape index (κ2) is 7.11. The molecule has 2 aromatic rings. The summed E-state index contributed by atoms with van der Waals surface area (Å²) in [6, 6.07) is 12.5. The number of aryl methyl sites for hydroxylation is 2. The zero-order valence-corrected chi connectivity index (χ0v) is 13.7. The number of methoxy groups -OCH3 is 1. The van der Waals surface area contributed by atoms with Crippen LogP contribution in [0.1, 0.15) is 28.1 Å². The van der Waals surface area contributed by atoms with Crippen molar-refractivity contribution in [3.05, 3.63) is 58.4 Å². The first kappa shape index (κ1) is 16.1. The molecule has 0 fully saturated rings. The van der Waals surface area contributed by atoms with Gasteiger partial charge in [-0.1, -0.05) is 29.8 Å². The Hall–Kier alpha value is -2.31. The van der Waals surface area contributed by atoms with Crippen LogP contribution in [0.5, 0.6) is 0 Å². The fourth-order valence-corrected chi connectivity index (χ4v) is 2.57. The van der Waals surface area contributed by atoms with E-state index < -0.39 is 0 Å². The number of benzene rings is 1. The van der Waals surface area contributed by atoms with Crippen LogP contribution in [0.25, 0.3) is 11.6 Å². The van der Waals surface area contributed by atoms with Crippen molar-refractivity contribution < 1.29 is 4.74 Å². The summed E-state index contributed by atoms with van der Waals surface area (Å²) in [7, 11) is 1.71. The van der Waals surface area contributed by atoms with Gasteiger partial charge in [-0.2, -0.15) is 5.26 Å². The van der Waals surface area contributed by atoms with Gasteiger partial charge in [0, 0.05) is 25.0 Å². The topological polar surface area (TPSA) is 38.0 Å². The van der Waals surface area contributed by atoms with Crippen LogP contribution >= 0.6 is 0 Å². The minimum absolute atomic E-state index is 0.683. The molecule has 0 amide bonds. The van der Waals surface area contributed by atoms with Crippen LogP contribution in [0, 0.1) is 32.1 Å². The average Bonchev–Trinajstić information content (AvgIpc) is 2.78. The molecule has 0 aliphatic rings. The fourth-order valence-electron chi connectivity index (χ4n) is 2.57. The highest BCUT2D eigenvalue weighted by atomic mass is 16.5. The number of rotatable bonds is 5. The van der Waals surface area contributed by atoms with Crippen LogP contribution in [0.4, 0.5) is 0 Å². The van der Waals surface area contributed by atoms with Gasteiger partial charge in [0.2, 0.25) is 0 Å². The van der Waals surface area contributed by atoms with Crippen LogP contribution in [0.2, 0.25) is 0 Å². The van der Waals surface area contributed by atoms with Gasteiger partial charge in [0.25, 0.3) is 0 Å². The van der Waals surface area contributed by atoms with Crippen molar-refractivity contribution in [2.45, 2.75) is 27.3 Å². The Labute approximate surface area is 132 Å². The van der Waals surface area contributed by atoms with E-state index in [1.165, 1.54) is 11.3 Å². The maximum absolute atomic E-state index is 9.47. The molecule has 3 heteroatoms. The maximum Gasteiger partial charge on any atom is 0.0998 e. The summed E-state index contributed by atoms with van der Waals surface area (Å²) in [5, 5.41) is 9.47. The molecule has 0 atom stereocenters. The highest BCUT2D eigenvalue weighted by molar-refractivity contribution is 5.90. The fraction of sp³-hybridized carbons (Fsp3) is 0.316. The molecule has 0 unspecified atom stereocenters. The van der Waals surface area contributed by atoms with Crippen molar-refractivity contribution in [3.63, 3.8) is 0 Å². The van der Waals surface area contributed by atoms with Gasteiger partial charge in [-0.25, -0.2) is 0 Å². The minimum Gasteiger partial charge on any atom is -0.383 e. The maximum atomic E-state index is 9.47. The van der Waals surface area contributed by atoms with Gasteiger partial charge in [0.1, 0.15) is 0 Å². The van der Waals surface area contributed by atoms with E-state index in [0.29, 0.717) is 12.2 Å². The molecular weight excluding hydrogens is 272 g/mol. The number of hydrogen-bond donors (Lipinski definition) is 0. The molecule has 0 spiro atoms. The molecule has 22 heavy (non-hydrogen) atoms. The van der Waals surface area contributed by atoms with E-state index in [0.717, 1.165) is 23.4 Å². The van der Waals surface area contributed by atoms with E-state index >= 15 is 0 Å². The summed E-state index contributed by atoms with van der Waals surface area (Å²) >= 11 is 0. The SMILES string of the molecule is COCCn1c(C)cc(/C=C(\C#N)c2ccc(C)cc2)c1C. The zero-order valence-electron chi connectivity index (χ0n) is 13.7. The molecule has 0 saturated carbocycles. The predicted octanol–water partition coefficient (Wildman–Crippen LogP) is 4.12. The molecular formula is C19H22N2O.